The number of nitrogens with one attached hydrogen (secondary N) is 4. The molecule has 3 heterocycles. The summed E-state index contributed by atoms with van der Waals surface area (Å²) in [5.41, 5.74) is 5.68. The Morgan fingerprint density at radius 2 is 2.02 bits per heavy atom. The average Bonchev–Trinajstić information content (AvgIpc) is 3.37. The molecule has 43 heavy (non-hydrogen) atoms. The van der Waals surface area contributed by atoms with Crippen molar-refractivity contribution in [1.82, 2.24) is 35.7 Å². The molecule has 1 saturated heterocycles. The standard InChI is InChI=1S/C32H44FN9O/c1-5-23(21(2)37-32(43)41-14-12-40(4)13-15-41)20-42(34)31(36-22(3)24-16-25(33)19-35-18-24)38-26-10-11-30-28(17-26)27-8-6-7-9-29(27)39-30/h6-9,11,16,18-21,26,28,31,36,38-39H,3,5,10,12-15,17,34H2,1-2,4H3,(H,37,43)/b23-20+/t21-,26-,28?,31?/m1/s1. The van der Waals surface area contributed by atoms with Gasteiger partial charge in [0.2, 0.25) is 0 Å². The lowest BCUT2D eigenvalue weighted by Crippen LogP contribution is -2.58. The minimum atomic E-state index is -0.567. The van der Waals surface area contributed by atoms with Crippen molar-refractivity contribution in [2.45, 2.75) is 57.4 Å². The monoisotopic (exact) mass is 589 g/mol. The van der Waals surface area contributed by atoms with Gasteiger partial charge in [-0.2, -0.15) is 0 Å². The third-order valence-corrected chi connectivity index (χ3v) is 8.60. The second-order valence-electron chi connectivity index (χ2n) is 11.6. The second-order valence-corrected chi connectivity index (χ2v) is 11.6. The van der Waals surface area contributed by atoms with E-state index < -0.39 is 12.1 Å². The maximum Gasteiger partial charge on any atom is 0.317 e. The van der Waals surface area contributed by atoms with Gasteiger partial charge in [-0.15, -0.1) is 0 Å². The number of benzene rings is 1. The first-order chi connectivity index (χ1) is 20.7. The van der Waals surface area contributed by atoms with Crippen LogP contribution in [0, 0.1) is 5.82 Å². The van der Waals surface area contributed by atoms with Crippen LogP contribution in [0.1, 0.15) is 50.2 Å². The molecule has 2 aromatic rings. The molecule has 2 aliphatic heterocycles. The van der Waals surface area contributed by atoms with Gasteiger partial charge in [0.05, 0.1) is 12.2 Å². The quantitative estimate of drug-likeness (QED) is 0.162. The van der Waals surface area contributed by atoms with Crippen LogP contribution in [0.4, 0.5) is 14.9 Å². The maximum atomic E-state index is 14.0. The number of halogens is 1. The molecule has 1 aliphatic carbocycles. The van der Waals surface area contributed by atoms with E-state index in [4.69, 9.17) is 5.84 Å². The summed E-state index contributed by atoms with van der Waals surface area (Å²) in [4.78, 5) is 21.0. The zero-order chi connectivity index (χ0) is 30.5. The Morgan fingerprint density at radius 1 is 1.26 bits per heavy atom. The number of allylic oxidation sites excluding steroid dienone is 1. The van der Waals surface area contributed by atoms with Gasteiger partial charge in [-0.05, 0) is 56.5 Å². The lowest BCUT2D eigenvalue weighted by Gasteiger charge is -2.36. The summed E-state index contributed by atoms with van der Waals surface area (Å²) in [5, 5.41) is 15.3. The van der Waals surface area contributed by atoms with Crippen molar-refractivity contribution in [3.05, 3.63) is 89.8 Å². The Morgan fingerprint density at radius 3 is 2.77 bits per heavy atom. The topological polar surface area (TPSA) is 114 Å². The van der Waals surface area contributed by atoms with Crippen molar-refractivity contribution < 1.29 is 9.18 Å². The highest BCUT2D eigenvalue weighted by Crippen LogP contribution is 2.43. The summed E-state index contributed by atoms with van der Waals surface area (Å²) in [5.74, 6) is 6.56. The lowest BCUT2D eigenvalue weighted by molar-refractivity contribution is 0.153. The number of hydrazine groups is 1. The van der Waals surface area contributed by atoms with Crippen LogP contribution in [0.2, 0.25) is 0 Å². The number of amides is 2. The number of fused-ring (bicyclic) bond motifs is 3. The van der Waals surface area contributed by atoms with Gasteiger partial charge in [-0.1, -0.05) is 37.8 Å². The van der Waals surface area contributed by atoms with E-state index in [0.717, 1.165) is 43.4 Å². The van der Waals surface area contributed by atoms with E-state index in [2.05, 4.69) is 69.1 Å². The van der Waals surface area contributed by atoms with E-state index in [1.807, 2.05) is 31.0 Å². The molecule has 2 unspecified atom stereocenters. The van der Waals surface area contributed by atoms with Crippen LogP contribution in [0.5, 0.6) is 0 Å². The fraction of sp³-hybridized carbons (Fsp3) is 0.438. The molecule has 4 atom stereocenters. The molecule has 11 heteroatoms. The molecule has 0 bridgehead atoms. The molecule has 10 nitrogen and oxygen atoms in total. The largest absolute Gasteiger partial charge is 0.358 e. The summed E-state index contributed by atoms with van der Waals surface area (Å²) < 4.78 is 14.0. The third-order valence-electron chi connectivity index (χ3n) is 8.60. The van der Waals surface area contributed by atoms with Crippen molar-refractivity contribution >= 4 is 17.4 Å². The number of para-hydroxylation sites is 1. The Hall–Kier alpha value is -3.93. The number of carbonyl (C=O) groups excluding carboxylic acids is 1. The van der Waals surface area contributed by atoms with Crippen LogP contribution in [0.3, 0.4) is 0 Å². The van der Waals surface area contributed by atoms with Crippen LogP contribution in [0.15, 0.2) is 72.9 Å². The van der Waals surface area contributed by atoms with Crippen LogP contribution in [-0.4, -0.2) is 77.4 Å². The van der Waals surface area contributed by atoms with Crippen molar-refractivity contribution in [2.75, 3.05) is 38.5 Å². The van der Waals surface area contributed by atoms with Crippen LogP contribution < -0.4 is 27.1 Å². The van der Waals surface area contributed by atoms with Crippen molar-refractivity contribution in [1.29, 1.82) is 0 Å². The number of pyridine rings is 1. The normalized spacial score (nSPS) is 21.6. The molecule has 230 valence electrons. The zero-order valence-electron chi connectivity index (χ0n) is 25.3. The number of carbonyl (C=O) groups is 1. The molecule has 1 aromatic heterocycles. The number of nitrogens with two attached hydrogens (primary N) is 1. The summed E-state index contributed by atoms with van der Waals surface area (Å²) in [6.07, 6.45) is 8.67. The van der Waals surface area contributed by atoms with Gasteiger partial charge in [0, 0.05) is 73.2 Å². The Bertz CT molecular complexity index is 1370. The van der Waals surface area contributed by atoms with Crippen LogP contribution in [0.25, 0.3) is 5.70 Å². The Balaban J connectivity index is 1.31. The van der Waals surface area contributed by atoms with Gasteiger partial charge in [-0.3, -0.25) is 15.3 Å². The van der Waals surface area contributed by atoms with Gasteiger partial charge in [0.1, 0.15) is 5.82 Å². The summed E-state index contributed by atoms with van der Waals surface area (Å²) in [6.45, 7) is 11.3. The van der Waals surface area contributed by atoms with E-state index in [-0.39, 0.29) is 24.0 Å². The van der Waals surface area contributed by atoms with E-state index >= 15 is 0 Å². The lowest BCUT2D eigenvalue weighted by atomic mass is 9.86. The van der Waals surface area contributed by atoms with Gasteiger partial charge < -0.3 is 25.8 Å². The van der Waals surface area contributed by atoms with E-state index in [9.17, 15) is 9.18 Å². The summed E-state index contributed by atoms with van der Waals surface area (Å²) in [6, 6.07) is 9.61. The highest BCUT2D eigenvalue weighted by Gasteiger charge is 2.33. The molecule has 2 amide bonds. The number of piperazine rings is 1. The fourth-order valence-corrected chi connectivity index (χ4v) is 5.96. The maximum absolute atomic E-state index is 14.0. The summed E-state index contributed by atoms with van der Waals surface area (Å²) >= 11 is 0. The first kappa shape index (κ1) is 30.5. The molecule has 0 saturated carbocycles. The van der Waals surface area contributed by atoms with Crippen LogP contribution >= 0.6 is 0 Å². The van der Waals surface area contributed by atoms with Gasteiger partial charge in [-0.25, -0.2) is 15.0 Å². The fourth-order valence-electron chi connectivity index (χ4n) is 5.96. The highest BCUT2D eigenvalue weighted by atomic mass is 19.1. The minimum Gasteiger partial charge on any atom is -0.358 e. The Labute approximate surface area is 253 Å². The van der Waals surface area contributed by atoms with Crippen molar-refractivity contribution in [3.63, 3.8) is 0 Å². The number of anilines is 1. The smallest absolute Gasteiger partial charge is 0.317 e. The van der Waals surface area contributed by atoms with Crippen molar-refractivity contribution in [3.8, 4) is 0 Å². The number of nitrogens with zero attached hydrogens (tertiary/aromatic N) is 4. The SMILES string of the molecule is C=C(NC(N[C@@H]1CC=C2Nc3ccccc3C2C1)N(N)/C=C(\CC)[C@@H](C)NC(=O)N1CCN(C)CC1)c1cncc(F)c1. The molecule has 1 aromatic carbocycles. The molecule has 5 rings (SSSR count). The average molecular weight is 590 g/mol. The van der Waals surface area contributed by atoms with Gasteiger partial charge in [0.25, 0.3) is 0 Å². The second kappa shape index (κ2) is 13.6. The number of urea groups is 1. The zero-order valence-corrected chi connectivity index (χ0v) is 25.3. The molecule has 1 fully saturated rings. The third kappa shape index (κ3) is 7.35. The predicted molar refractivity (Wildman–Crippen MR) is 169 cm³/mol. The highest BCUT2D eigenvalue weighted by molar-refractivity contribution is 5.75. The predicted octanol–water partition coefficient (Wildman–Crippen LogP) is 3.72. The summed E-state index contributed by atoms with van der Waals surface area (Å²) in [7, 11) is 2.07. The van der Waals surface area contributed by atoms with E-state index in [1.165, 1.54) is 17.3 Å². The first-order valence-corrected chi connectivity index (χ1v) is 15.1. The first-order valence-electron chi connectivity index (χ1n) is 15.1. The van der Waals surface area contributed by atoms with Crippen molar-refractivity contribution in [2.24, 2.45) is 5.84 Å². The molecule has 3 aliphatic rings. The molecular formula is C32H44FN9O. The molecule has 0 spiro atoms. The number of rotatable bonds is 10. The number of aromatic nitrogens is 1. The molecular weight excluding hydrogens is 545 g/mol. The van der Waals surface area contributed by atoms with Gasteiger partial charge in [0.15, 0.2) is 6.29 Å². The van der Waals surface area contributed by atoms with E-state index in [0.29, 0.717) is 30.8 Å². The minimum absolute atomic E-state index is 0.0708. The Kier molecular flexibility index (Phi) is 9.64. The number of likely N-dealkylation sites (N-methyl/N-ethyl adjacent to an activating group) is 1. The van der Waals surface area contributed by atoms with E-state index in [1.54, 1.807) is 11.2 Å². The number of hydrogen-bond acceptors (Lipinski definition) is 8. The van der Waals surface area contributed by atoms with Gasteiger partial charge >= 0.3 is 6.03 Å². The molecule has 0 radical (unpaired) electrons. The molecule has 6 N–H and O–H groups in total. The number of hydrogen-bond donors (Lipinski definition) is 5. The van der Waals surface area contributed by atoms with Crippen LogP contribution in [-0.2, 0) is 0 Å².